The number of carbonyl (C=O) groups is 1. The number of sulfonamides is 1. The van der Waals surface area contributed by atoms with Crippen LogP contribution < -0.4 is 10.6 Å². The number of anilines is 1. The summed E-state index contributed by atoms with van der Waals surface area (Å²) >= 11 is 0. The van der Waals surface area contributed by atoms with Gasteiger partial charge in [-0.25, -0.2) is 8.42 Å². The number of rotatable bonds is 7. The number of amides is 1. The van der Waals surface area contributed by atoms with Crippen LogP contribution in [0.5, 0.6) is 0 Å². The first kappa shape index (κ1) is 24.1. The minimum atomic E-state index is -3.77. The van der Waals surface area contributed by atoms with Crippen molar-refractivity contribution in [1.82, 2.24) is 9.21 Å². The Morgan fingerprint density at radius 3 is 2.18 bits per heavy atom. The van der Waals surface area contributed by atoms with E-state index in [0.29, 0.717) is 45.0 Å². The van der Waals surface area contributed by atoms with Crippen molar-refractivity contribution < 1.29 is 18.1 Å². The van der Waals surface area contributed by atoms with E-state index in [-0.39, 0.29) is 10.6 Å². The molecule has 0 aromatic heterocycles. The van der Waals surface area contributed by atoms with Crippen LogP contribution in [-0.2, 0) is 14.8 Å². The quantitative estimate of drug-likeness (QED) is 0.468. The topological polar surface area (TPSA) is 130 Å². The summed E-state index contributed by atoms with van der Waals surface area (Å²) in [6, 6.07) is 12.9. The van der Waals surface area contributed by atoms with Crippen LogP contribution in [0.1, 0.15) is 30.9 Å². The number of hydrogen-bond donors (Lipinski definition) is 1. The van der Waals surface area contributed by atoms with Crippen LogP contribution in [0.15, 0.2) is 53.4 Å². The van der Waals surface area contributed by atoms with E-state index >= 15 is 0 Å². The third-order valence-electron chi connectivity index (χ3n) is 6.50. The fourth-order valence-electron chi connectivity index (χ4n) is 4.74. The van der Waals surface area contributed by atoms with Gasteiger partial charge in [-0.1, -0.05) is 36.8 Å². The lowest BCUT2D eigenvalue weighted by Gasteiger charge is -2.39. The Morgan fingerprint density at radius 2 is 1.59 bits per heavy atom. The van der Waals surface area contributed by atoms with E-state index in [0.717, 1.165) is 24.8 Å². The Labute approximate surface area is 199 Å². The standard InChI is InChI=1S/C23H29N5O5S/c24-23(29)22(18-7-3-1-4-8-18)26-15-13-25(14-16-26)20-10-9-19(17-21(20)28(30)31)34(32,33)27-11-5-2-6-12-27/h1,3-4,7-10,17,22H,2,5-6,11-16H2,(H2,24,29). The van der Waals surface area contributed by atoms with Gasteiger partial charge in [-0.15, -0.1) is 0 Å². The number of piperazine rings is 1. The van der Waals surface area contributed by atoms with Crippen molar-refractivity contribution in [2.75, 3.05) is 44.2 Å². The predicted octanol–water partition coefficient (Wildman–Crippen LogP) is 2.12. The van der Waals surface area contributed by atoms with Crippen molar-refractivity contribution in [3.63, 3.8) is 0 Å². The van der Waals surface area contributed by atoms with Crippen LogP contribution in [0.2, 0.25) is 0 Å². The maximum absolute atomic E-state index is 13.0. The highest BCUT2D eigenvalue weighted by Gasteiger charge is 2.33. The SMILES string of the molecule is NC(=O)C(c1ccccc1)N1CCN(c2ccc(S(=O)(=O)N3CCCCC3)cc2[N+](=O)[O-])CC1. The molecule has 2 aliphatic heterocycles. The zero-order valence-corrected chi connectivity index (χ0v) is 19.7. The third-order valence-corrected chi connectivity index (χ3v) is 8.40. The number of nitrogens with two attached hydrogens (primary N) is 1. The molecule has 0 saturated carbocycles. The van der Waals surface area contributed by atoms with Gasteiger partial charge >= 0.3 is 0 Å². The van der Waals surface area contributed by atoms with Crippen LogP contribution >= 0.6 is 0 Å². The van der Waals surface area contributed by atoms with Crippen molar-refractivity contribution in [3.05, 3.63) is 64.2 Å². The third kappa shape index (κ3) is 4.91. The van der Waals surface area contributed by atoms with Gasteiger partial charge in [0.15, 0.2) is 0 Å². The van der Waals surface area contributed by atoms with Crippen LogP contribution in [0.4, 0.5) is 11.4 Å². The Morgan fingerprint density at radius 1 is 0.941 bits per heavy atom. The number of nitro benzene ring substituents is 1. The zero-order valence-electron chi connectivity index (χ0n) is 18.9. The lowest BCUT2D eigenvalue weighted by atomic mass is 10.0. The summed E-state index contributed by atoms with van der Waals surface area (Å²) in [6.45, 7) is 2.71. The first-order chi connectivity index (χ1) is 16.3. The van der Waals surface area contributed by atoms with Gasteiger partial charge in [-0.3, -0.25) is 19.8 Å². The molecule has 10 nitrogen and oxygen atoms in total. The van der Waals surface area contributed by atoms with Gasteiger partial charge in [0.05, 0.1) is 9.82 Å². The number of nitro groups is 1. The molecule has 0 radical (unpaired) electrons. The fraction of sp³-hybridized carbons (Fsp3) is 0.435. The highest BCUT2D eigenvalue weighted by atomic mass is 32.2. The Kier molecular flexibility index (Phi) is 7.15. The van der Waals surface area contributed by atoms with Gasteiger partial charge in [-0.05, 0) is 30.5 Å². The molecule has 11 heteroatoms. The summed E-state index contributed by atoms with van der Waals surface area (Å²) in [5.74, 6) is -0.446. The molecule has 2 aromatic rings. The molecule has 0 aliphatic carbocycles. The maximum Gasteiger partial charge on any atom is 0.293 e. The number of primary amides is 1. The van der Waals surface area contributed by atoms with Crippen LogP contribution in [0, 0.1) is 10.1 Å². The highest BCUT2D eigenvalue weighted by Crippen LogP contribution is 2.34. The first-order valence-corrected chi connectivity index (χ1v) is 12.8. The summed E-state index contributed by atoms with van der Waals surface area (Å²) in [4.78, 5) is 27.3. The van der Waals surface area contributed by atoms with E-state index in [4.69, 9.17) is 5.73 Å². The lowest BCUT2D eigenvalue weighted by molar-refractivity contribution is -0.384. The molecule has 0 bridgehead atoms. The zero-order chi connectivity index (χ0) is 24.3. The molecule has 34 heavy (non-hydrogen) atoms. The molecule has 2 aliphatic rings. The molecule has 2 fully saturated rings. The van der Waals surface area contributed by atoms with E-state index < -0.39 is 26.9 Å². The molecule has 1 unspecified atom stereocenters. The molecule has 182 valence electrons. The van der Waals surface area contributed by atoms with Gasteiger partial charge in [0.2, 0.25) is 15.9 Å². The van der Waals surface area contributed by atoms with E-state index in [9.17, 15) is 23.3 Å². The summed E-state index contributed by atoms with van der Waals surface area (Å²) in [7, 11) is -3.77. The number of hydrogen-bond acceptors (Lipinski definition) is 7. The van der Waals surface area contributed by atoms with Crippen molar-refractivity contribution in [2.45, 2.75) is 30.2 Å². The molecule has 2 heterocycles. The minimum absolute atomic E-state index is 0.0543. The van der Waals surface area contributed by atoms with Gasteiger partial charge in [-0.2, -0.15) is 4.31 Å². The van der Waals surface area contributed by atoms with Crippen LogP contribution in [0.25, 0.3) is 0 Å². The molecule has 0 spiro atoms. The summed E-state index contributed by atoms with van der Waals surface area (Å²) in [5, 5.41) is 11.9. The Bertz CT molecular complexity index is 1140. The Hall–Kier alpha value is -3.02. The predicted molar refractivity (Wildman–Crippen MR) is 128 cm³/mol. The Balaban J connectivity index is 1.54. The van der Waals surface area contributed by atoms with Crippen molar-refractivity contribution in [1.29, 1.82) is 0 Å². The second kappa shape index (κ2) is 10.1. The van der Waals surface area contributed by atoms with Gasteiger partial charge in [0, 0.05) is 45.3 Å². The van der Waals surface area contributed by atoms with Gasteiger partial charge in [0.25, 0.3) is 5.69 Å². The molecule has 2 aromatic carbocycles. The summed E-state index contributed by atoms with van der Waals surface area (Å²) in [6.07, 6.45) is 2.57. The molecular formula is C23H29N5O5S. The van der Waals surface area contributed by atoms with Gasteiger partial charge in [0.1, 0.15) is 11.7 Å². The highest BCUT2D eigenvalue weighted by molar-refractivity contribution is 7.89. The summed E-state index contributed by atoms with van der Waals surface area (Å²) < 4.78 is 27.4. The van der Waals surface area contributed by atoms with E-state index in [1.54, 1.807) is 0 Å². The average molecular weight is 488 g/mol. The molecule has 4 rings (SSSR count). The largest absolute Gasteiger partial charge is 0.368 e. The van der Waals surface area contributed by atoms with Crippen molar-refractivity contribution in [2.24, 2.45) is 5.73 Å². The van der Waals surface area contributed by atoms with Crippen LogP contribution in [-0.4, -0.2) is 67.7 Å². The number of piperidine rings is 1. The van der Waals surface area contributed by atoms with Gasteiger partial charge < -0.3 is 10.6 Å². The van der Waals surface area contributed by atoms with E-state index in [1.165, 1.54) is 22.5 Å². The number of nitrogens with zero attached hydrogens (tertiary/aromatic N) is 4. The van der Waals surface area contributed by atoms with Crippen molar-refractivity contribution in [3.8, 4) is 0 Å². The molecule has 2 saturated heterocycles. The summed E-state index contributed by atoms with van der Waals surface area (Å²) in [5.41, 5.74) is 6.63. The van der Waals surface area contributed by atoms with E-state index in [1.807, 2.05) is 40.1 Å². The molecule has 1 atom stereocenters. The first-order valence-electron chi connectivity index (χ1n) is 11.4. The fourth-order valence-corrected chi connectivity index (χ4v) is 6.28. The molecule has 1 amide bonds. The van der Waals surface area contributed by atoms with E-state index in [2.05, 4.69) is 0 Å². The monoisotopic (exact) mass is 487 g/mol. The minimum Gasteiger partial charge on any atom is -0.368 e. The normalized spacial score (nSPS) is 19.0. The average Bonchev–Trinajstić information content (AvgIpc) is 2.85. The molecular weight excluding hydrogens is 458 g/mol. The number of benzene rings is 2. The molecule has 2 N–H and O–H groups in total. The van der Waals surface area contributed by atoms with Crippen LogP contribution in [0.3, 0.4) is 0 Å². The maximum atomic E-state index is 13.0. The smallest absolute Gasteiger partial charge is 0.293 e. The number of carbonyl (C=O) groups excluding carboxylic acids is 1. The second-order valence-electron chi connectivity index (χ2n) is 8.61. The lowest BCUT2D eigenvalue weighted by Crippen LogP contribution is -2.50. The second-order valence-corrected chi connectivity index (χ2v) is 10.5. The van der Waals surface area contributed by atoms with Crippen molar-refractivity contribution >= 4 is 27.3 Å².